The van der Waals surface area contributed by atoms with Crippen molar-refractivity contribution in [2.24, 2.45) is 0 Å². The fraction of sp³-hybridized carbons (Fsp3) is 0.400. The monoisotopic (exact) mass is 254 g/mol. The highest BCUT2D eigenvalue weighted by molar-refractivity contribution is 6.29. The molecule has 90 valence electrons. The van der Waals surface area contributed by atoms with Gasteiger partial charge in [0.05, 0.1) is 0 Å². The Morgan fingerprint density at radius 3 is 2.71 bits per heavy atom. The molecule has 0 N–H and O–H groups in total. The summed E-state index contributed by atoms with van der Waals surface area (Å²) in [5.41, 5.74) is -0.237. The van der Waals surface area contributed by atoms with Crippen molar-refractivity contribution in [3.8, 4) is 0 Å². The third-order valence-corrected chi connectivity index (χ3v) is 2.47. The summed E-state index contributed by atoms with van der Waals surface area (Å²) < 4.78 is 6.76. The highest BCUT2D eigenvalue weighted by atomic mass is 35.5. The second kappa shape index (κ2) is 4.67. The van der Waals surface area contributed by atoms with Crippen LogP contribution >= 0.6 is 11.6 Å². The van der Waals surface area contributed by atoms with Crippen molar-refractivity contribution >= 4 is 11.6 Å². The van der Waals surface area contributed by atoms with Crippen LogP contribution in [0.1, 0.15) is 24.5 Å². The summed E-state index contributed by atoms with van der Waals surface area (Å²) in [6, 6.07) is 1.26. The van der Waals surface area contributed by atoms with Crippen LogP contribution in [0, 0.1) is 6.92 Å². The molecular weight excluding hydrogens is 244 g/mol. The molecule has 0 radical (unpaired) electrons. The molecule has 0 spiro atoms. The van der Waals surface area contributed by atoms with E-state index in [1.807, 2.05) is 6.92 Å². The van der Waals surface area contributed by atoms with Gasteiger partial charge in [-0.05, 0) is 6.92 Å². The van der Waals surface area contributed by atoms with Crippen LogP contribution in [-0.2, 0) is 13.0 Å². The van der Waals surface area contributed by atoms with Crippen molar-refractivity contribution in [1.29, 1.82) is 0 Å². The molecule has 0 saturated heterocycles. The van der Waals surface area contributed by atoms with Crippen molar-refractivity contribution < 1.29 is 4.42 Å². The molecular formula is C10H11ClN4O2. The van der Waals surface area contributed by atoms with Crippen LogP contribution in [0.25, 0.3) is 0 Å². The topological polar surface area (TPSA) is 73.8 Å². The van der Waals surface area contributed by atoms with Crippen LogP contribution in [0.15, 0.2) is 15.3 Å². The van der Waals surface area contributed by atoms with E-state index in [2.05, 4.69) is 15.2 Å². The zero-order valence-corrected chi connectivity index (χ0v) is 10.2. The van der Waals surface area contributed by atoms with Crippen molar-refractivity contribution in [2.45, 2.75) is 26.8 Å². The summed E-state index contributed by atoms with van der Waals surface area (Å²) in [7, 11) is 0. The van der Waals surface area contributed by atoms with Crippen LogP contribution < -0.4 is 5.56 Å². The second-order valence-electron chi connectivity index (χ2n) is 3.49. The molecule has 0 atom stereocenters. The van der Waals surface area contributed by atoms with Gasteiger partial charge in [0.25, 0.3) is 5.56 Å². The molecule has 17 heavy (non-hydrogen) atoms. The second-order valence-corrected chi connectivity index (χ2v) is 3.88. The number of halogens is 1. The summed E-state index contributed by atoms with van der Waals surface area (Å²) in [6.45, 7) is 3.82. The van der Waals surface area contributed by atoms with Crippen molar-refractivity contribution in [3.05, 3.63) is 39.2 Å². The van der Waals surface area contributed by atoms with Gasteiger partial charge in [0, 0.05) is 12.5 Å². The van der Waals surface area contributed by atoms with E-state index in [-0.39, 0.29) is 17.3 Å². The number of nitrogens with zero attached hydrogens (tertiary/aromatic N) is 4. The van der Waals surface area contributed by atoms with E-state index in [0.717, 1.165) is 0 Å². The van der Waals surface area contributed by atoms with E-state index < -0.39 is 0 Å². The summed E-state index contributed by atoms with van der Waals surface area (Å²) in [5.74, 6) is 1.45. The van der Waals surface area contributed by atoms with E-state index in [9.17, 15) is 4.79 Å². The Hall–Kier alpha value is -1.69. The van der Waals surface area contributed by atoms with Gasteiger partial charge in [-0.25, -0.2) is 4.98 Å². The first-order chi connectivity index (χ1) is 8.10. The summed E-state index contributed by atoms with van der Waals surface area (Å²) in [6.07, 6.45) is 0.666. The highest BCUT2D eigenvalue weighted by Crippen LogP contribution is 2.05. The maximum Gasteiger partial charge on any atom is 0.255 e. The van der Waals surface area contributed by atoms with Crippen LogP contribution in [0.3, 0.4) is 0 Å². The molecule has 0 aliphatic heterocycles. The molecule has 0 unspecified atom stereocenters. The van der Waals surface area contributed by atoms with E-state index in [1.165, 1.54) is 10.6 Å². The predicted molar refractivity (Wildman–Crippen MR) is 61.0 cm³/mol. The Morgan fingerprint density at radius 1 is 1.41 bits per heavy atom. The minimum Gasteiger partial charge on any atom is -0.423 e. The van der Waals surface area contributed by atoms with Gasteiger partial charge in [-0.2, -0.15) is 0 Å². The Bertz CT molecular complexity index is 590. The standard InChI is InChI=1S/C10H11ClN4O2/c1-3-8-13-14-9(17-8)5-15-6(2)12-7(11)4-10(15)16/h4H,3,5H2,1-2H3. The van der Waals surface area contributed by atoms with Crippen LogP contribution in [-0.4, -0.2) is 19.7 Å². The zero-order valence-electron chi connectivity index (χ0n) is 9.47. The van der Waals surface area contributed by atoms with E-state index in [4.69, 9.17) is 16.0 Å². The first-order valence-electron chi connectivity index (χ1n) is 5.15. The van der Waals surface area contributed by atoms with E-state index in [1.54, 1.807) is 6.92 Å². The average Bonchev–Trinajstić information content (AvgIpc) is 2.71. The molecule has 0 aliphatic carbocycles. The molecule has 0 fully saturated rings. The maximum atomic E-state index is 11.7. The molecule has 0 aromatic carbocycles. The first kappa shape index (κ1) is 11.8. The summed E-state index contributed by atoms with van der Waals surface area (Å²) >= 11 is 5.68. The van der Waals surface area contributed by atoms with Gasteiger partial charge >= 0.3 is 0 Å². The molecule has 0 saturated carbocycles. The SMILES string of the molecule is CCc1nnc(Cn2c(C)nc(Cl)cc2=O)o1. The largest absolute Gasteiger partial charge is 0.423 e. The van der Waals surface area contributed by atoms with Gasteiger partial charge in [-0.3, -0.25) is 9.36 Å². The average molecular weight is 255 g/mol. The minimum absolute atomic E-state index is 0.184. The molecule has 2 rings (SSSR count). The molecule has 0 aliphatic rings. The van der Waals surface area contributed by atoms with Gasteiger partial charge in [0.15, 0.2) is 0 Å². The molecule has 7 heteroatoms. The van der Waals surface area contributed by atoms with Crippen molar-refractivity contribution in [2.75, 3.05) is 0 Å². The van der Waals surface area contributed by atoms with Gasteiger partial charge in [-0.1, -0.05) is 18.5 Å². The maximum absolute atomic E-state index is 11.7. The molecule has 0 bridgehead atoms. The number of hydrogen-bond acceptors (Lipinski definition) is 5. The summed E-state index contributed by atoms with van der Waals surface area (Å²) in [4.78, 5) is 15.7. The highest BCUT2D eigenvalue weighted by Gasteiger charge is 2.09. The van der Waals surface area contributed by atoms with Crippen molar-refractivity contribution in [3.63, 3.8) is 0 Å². The third kappa shape index (κ3) is 2.52. The molecule has 2 heterocycles. The van der Waals surface area contributed by atoms with E-state index >= 15 is 0 Å². The summed E-state index contributed by atoms with van der Waals surface area (Å²) in [5, 5.41) is 7.86. The molecule has 6 nitrogen and oxygen atoms in total. The Morgan fingerprint density at radius 2 is 2.12 bits per heavy atom. The van der Waals surface area contributed by atoms with Crippen molar-refractivity contribution in [1.82, 2.24) is 19.7 Å². The minimum atomic E-state index is -0.237. The predicted octanol–water partition coefficient (Wildman–Crippen LogP) is 1.20. The van der Waals surface area contributed by atoms with Gasteiger partial charge in [-0.15, -0.1) is 10.2 Å². The normalized spacial score (nSPS) is 10.8. The third-order valence-electron chi connectivity index (χ3n) is 2.27. The van der Waals surface area contributed by atoms with E-state index in [0.29, 0.717) is 24.0 Å². The van der Waals surface area contributed by atoms with Crippen LogP contribution in [0.5, 0.6) is 0 Å². The number of aryl methyl sites for hydroxylation is 2. The van der Waals surface area contributed by atoms with Gasteiger partial charge in [0.2, 0.25) is 11.8 Å². The number of rotatable bonds is 3. The quantitative estimate of drug-likeness (QED) is 0.770. The lowest BCUT2D eigenvalue weighted by molar-refractivity contribution is 0.436. The number of hydrogen-bond donors (Lipinski definition) is 0. The smallest absolute Gasteiger partial charge is 0.255 e. The van der Waals surface area contributed by atoms with Gasteiger partial charge < -0.3 is 4.42 Å². The molecule has 0 amide bonds. The number of aromatic nitrogens is 4. The van der Waals surface area contributed by atoms with Crippen LogP contribution in [0.4, 0.5) is 0 Å². The fourth-order valence-electron chi connectivity index (χ4n) is 1.41. The lowest BCUT2D eigenvalue weighted by Crippen LogP contribution is -2.23. The Labute approximate surface area is 102 Å². The molecule has 2 aromatic heterocycles. The lowest BCUT2D eigenvalue weighted by atomic mass is 10.5. The lowest BCUT2D eigenvalue weighted by Gasteiger charge is -2.05. The van der Waals surface area contributed by atoms with Crippen LogP contribution in [0.2, 0.25) is 5.15 Å². The van der Waals surface area contributed by atoms with Gasteiger partial charge in [0.1, 0.15) is 17.5 Å². The Balaban J connectivity index is 2.33. The fourth-order valence-corrected chi connectivity index (χ4v) is 1.62. The zero-order chi connectivity index (χ0) is 12.4. The Kier molecular flexibility index (Phi) is 3.23. The molecule has 2 aromatic rings. The first-order valence-corrected chi connectivity index (χ1v) is 5.53.